The molecule has 4 fully saturated rings. The van der Waals surface area contributed by atoms with Gasteiger partial charge >= 0.3 is 5.69 Å². The Kier molecular flexibility index (Phi) is 8.95. The zero-order chi connectivity index (χ0) is 32.6. The lowest BCUT2D eigenvalue weighted by Crippen LogP contribution is -2.59. The second-order valence-electron chi connectivity index (χ2n) is 14.7. The molecule has 1 aromatic heterocycles. The Morgan fingerprint density at radius 3 is 2.55 bits per heavy atom. The molecule has 15 heteroatoms. The van der Waals surface area contributed by atoms with E-state index in [2.05, 4.69) is 49.6 Å². The fraction of sp³-hybridized carbons (Fsp3) is 0.828. The van der Waals surface area contributed by atoms with Crippen LogP contribution in [0.15, 0.2) is 15.8 Å². The zero-order valence-electron chi connectivity index (χ0n) is 27.3. The van der Waals surface area contributed by atoms with Crippen LogP contribution in [0.3, 0.4) is 0 Å². The maximum absolute atomic E-state index is 12.9. The molecule has 5 rings (SSSR count). The van der Waals surface area contributed by atoms with Crippen LogP contribution in [0.25, 0.3) is 0 Å². The number of aromatic amines is 1. The maximum atomic E-state index is 12.9. The second kappa shape index (κ2) is 11.6. The average molecular weight is 655 g/mol. The molecule has 0 aliphatic carbocycles. The van der Waals surface area contributed by atoms with E-state index < -0.39 is 81.9 Å². The van der Waals surface area contributed by atoms with Gasteiger partial charge in [0.2, 0.25) is 0 Å². The number of aromatic nitrogens is 2. The molecule has 4 aliphatic heterocycles. The van der Waals surface area contributed by atoms with E-state index in [1.807, 2.05) is 13.8 Å². The third-order valence-corrected chi connectivity index (χ3v) is 17.6. The fourth-order valence-corrected chi connectivity index (χ4v) is 10.1. The van der Waals surface area contributed by atoms with E-state index in [9.17, 15) is 20.0 Å². The predicted octanol–water partition coefficient (Wildman–Crippen LogP) is 3.42. The van der Waals surface area contributed by atoms with Gasteiger partial charge in [-0.3, -0.25) is 14.3 Å². The molecule has 0 aromatic carbocycles. The molecule has 1 aromatic rings. The summed E-state index contributed by atoms with van der Waals surface area (Å²) in [6, 6.07) is 2.27. The van der Waals surface area contributed by atoms with Gasteiger partial charge in [-0.25, -0.2) is 9.46 Å². The smallest absolute Gasteiger partial charge is 0.330 e. The first-order chi connectivity index (χ1) is 20.3. The molecular weight excluding hydrogens is 607 g/mol. The molecule has 5 heterocycles. The summed E-state index contributed by atoms with van der Waals surface area (Å²) < 4.78 is 42.2. The quantitative estimate of drug-likeness (QED) is 0.328. The van der Waals surface area contributed by atoms with Crippen molar-refractivity contribution >= 4 is 16.6 Å². The minimum atomic E-state index is -2.41. The summed E-state index contributed by atoms with van der Waals surface area (Å²) in [5.41, 5.74) is -2.66. The lowest BCUT2D eigenvalue weighted by atomic mass is 9.89. The van der Waals surface area contributed by atoms with Crippen LogP contribution < -0.4 is 11.2 Å². The average Bonchev–Trinajstić information content (AvgIpc) is 3.53. The Balaban J connectivity index is 1.51. The van der Waals surface area contributed by atoms with E-state index in [4.69, 9.17) is 28.0 Å². The van der Waals surface area contributed by atoms with Gasteiger partial charge in [-0.2, -0.15) is 5.26 Å². The highest BCUT2D eigenvalue weighted by Gasteiger charge is 2.68. The highest BCUT2D eigenvalue weighted by molar-refractivity contribution is 7.44. The Morgan fingerprint density at radius 2 is 1.93 bits per heavy atom. The molecule has 9 atom stereocenters. The number of nitrogens with zero attached hydrogens (tertiary/aromatic N) is 3. The van der Waals surface area contributed by atoms with Gasteiger partial charge < -0.3 is 33.1 Å². The number of hydrogen-bond acceptors (Lipinski definition) is 11. The van der Waals surface area contributed by atoms with E-state index in [0.29, 0.717) is 12.1 Å². The Bertz CT molecular complexity index is 1400. The van der Waals surface area contributed by atoms with Gasteiger partial charge in [-0.1, -0.05) is 33.9 Å². The van der Waals surface area contributed by atoms with Gasteiger partial charge in [0.15, 0.2) is 12.1 Å². The summed E-state index contributed by atoms with van der Waals surface area (Å²) >= 11 is 0. The molecule has 0 bridgehead atoms. The minimum absolute atomic E-state index is 0.00475. The van der Waals surface area contributed by atoms with Crippen molar-refractivity contribution in [2.75, 3.05) is 6.54 Å². The first kappa shape index (κ1) is 33.8. The van der Waals surface area contributed by atoms with Gasteiger partial charge in [0.25, 0.3) is 14.1 Å². The van der Waals surface area contributed by atoms with Crippen LogP contribution in [0.1, 0.15) is 73.1 Å². The molecular formula is C29H47N4O9PSi. The van der Waals surface area contributed by atoms with Crippen LogP contribution in [0.4, 0.5) is 0 Å². The molecule has 2 N–H and O–H groups in total. The summed E-state index contributed by atoms with van der Waals surface area (Å²) in [6.07, 6.45) is -2.30. The molecule has 0 radical (unpaired) electrons. The Morgan fingerprint density at radius 1 is 1.25 bits per heavy atom. The van der Waals surface area contributed by atoms with Crippen molar-refractivity contribution in [2.24, 2.45) is 0 Å². The van der Waals surface area contributed by atoms with E-state index in [1.54, 1.807) is 20.8 Å². The summed E-state index contributed by atoms with van der Waals surface area (Å²) in [6.45, 7) is 20.3. The van der Waals surface area contributed by atoms with E-state index >= 15 is 0 Å². The summed E-state index contributed by atoms with van der Waals surface area (Å²) in [5, 5.41) is 21.7. The minimum Gasteiger partial charge on any atom is -0.394 e. The van der Waals surface area contributed by atoms with Crippen molar-refractivity contribution in [1.29, 1.82) is 5.26 Å². The third kappa shape index (κ3) is 5.79. The number of aryl methyl sites for hydroxylation is 1. The largest absolute Gasteiger partial charge is 0.394 e. The number of H-pyrrole nitrogens is 1. The Hall–Kier alpha value is -1.50. The lowest BCUT2D eigenvalue weighted by molar-refractivity contribution is -0.231. The molecule has 4 saturated heterocycles. The summed E-state index contributed by atoms with van der Waals surface area (Å²) in [4.78, 5) is 27.3. The number of fused-ring (bicyclic) bond motifs is 3. The molecule has 0 saturated carbocycles. The van der Waals surface area contributed by atoms with Gasteiger partial charge in [0.1, 0.15) is 30.1 Å². The van der Waals surface area contributed by atoms with Crippen molar-refractivity contribution in [1.82, 2.24) is 14.2 Å². The number of hydrogen-bond donors (Lipinski definition) is 2. The van der Waals surface area contributed by atoms with E-state index in [-0.39, 0.29) is 23.9 Å². The number of aliphatic hydroxyl groups is 1. The fourth-order valence-electron chi connectivity index (χ4n) is 6.20. The SMILES string of the molecule is Cc1cn([C@H]2C[C@H](OP3O[C@@]4(CC#N)[C@@H](CN3C(C)C)O[C@@H]3OC(C)(C)O[C@@H]34)[C@@H](C(O)[Si](C)(C)C(C)(C)C)O2)c(=O)[nH]c1=O. The van der Waals surface area contributed by atoms with Crippen LogP contribution in [0, 0.1) is 18.3 Å². The number of ether oxygens (including phenoxy) is 4. The van der Waals surface area contributed by atoms with Crippen molar-refractivity contribution in [3.8, 4) is 6.07 Å². The van der Waals surface area contributed by atoms with Crippen molar-refractivity contribution < 1.29 is 33.1 Å². The topological polar surface area (TPSA) is 158 Å². The van der Waals surface area contributed by atoms with E-state index in [1.165, 1.54) is 10.8 Å². The highest BCUT2D eigenvalue weighted by atomic mass is 31.2. The van der Waals surface area contributed by atoms with Crippen molar-refractivity contribution in [3.05, 3.63) is 32.6 Å². The third-order valence-electron chi connectivity index (χ3n) is 9.92. The molecule has 0 amide bonds. The number of aliphatic hydroxyl groups excluding tert-OH is 1. The van der Waals surface area contributed by atoms with Crippen molar-refractivity contribution in [3.63, 3.8) is 0 Å². The van der Waals surface area contributed by atoms with Gasteiger partial charge in [-0.05, 0) is 39.7 Å². The second-order valence-corrected chi connectivity index (χ2v) is 21.6. The van der Waals surface area contributed by atoms with Gasteiger partial charge in [-0.15, -0.1) is 0 Å². The molecule has 4 aliphatic rings. The van der Waals surface area contributed by atoms with Crippen LogP contribution in [0.5, 0.6) is 0 Å². The Labute approximate surface area is 260 Å². The molecule has 13 nitrogen and oxygen atoms in total. The highest BCUT2D eigenvalue weighted by Crippen LogP contribution is 2.61. The number of rotatable bonds is 7. The summed E-state index contributed by atoms with van der Waals surface area (Å²) in [7, 11) is -4.22. The number of nitriles is 1. The van der Waals surface area contributed by atoms with Crippen LogP contribution in [-0.2, 0) is 28.0 Å². The monoisotopic (exact) mass is 654 g/mol. The lowest BCUT2D eigenvalue weighted by Gasteiger charge is -2.49. The first-order valence-electron chi connectivity index (χ1n) is 15.3. The maximum Gasteiger partial charge on any atom is 0.330 e. The van der Waals surface area contributed by atoms with E-state index in [0.717, 1.165) is 0 Å². The number of nitrogens with one attached hydrogen (secondary N) is 1. The van der Waals surface area contributed by atoms with Gasteiger partial charge in [0, 0.05) is 30.8 Å². The molecule has 246 valence electrons. The normalized spacial score (nSPS) is 36.3. The molecule has 2 unspecified atom stereocenters. The van der Waals surface area contributed by atoms with Crippen LogP contribution >= 0.6 is 8.53 Å². The predicted molar refractivity (Wildman–Crippen MR) is 164 cm³/mol. The van der Waals surface area contributed by atoms with Crippen molar-refractivity contribution in [2.45, 2.75) is 146 Å². The van der Waals surface area contributed by atoms with Crippen LogP contribution in [0.2, 0.25) is 18.1 Å². The standard InChI is InChI=1S/C29H47N4O9PSi/c1-16(2)33-15-19-29(11-12-30,22-25(37-19)40-28(7,8)39-22)42-43(33)41-18-13-20(32-14-17(3)23(34)31-26(32)36)38-21(18)24(35)44(9,10)27(4,5)6/h14,16,18-22,24-25,35H,11,13,15H2,1-10H3,(H,31,34,36)/t18-,19+,20+,21-,22-,24?,25+,29-,43?/m0/s1. The van der Waals surface area contributed by atoms with Gasteiger partial charge in [0.05, 0.1) is 32.4 Å². The molecule has 0 spiro atoms. The first-order valence-corrected chi connectivity index (χ1v) is 19.5. The summed E-state index contributed by atoms with van der Waals surface area (Å²) in [5.74, 6) is -0.905. The molecule has 44 heavy (non-hydrogen) atoms. The zero-order valence-corrected chi connectivity index (χ0v) is 29.2. The van der Waals surface area contributed by atoms with Crippen LogP contribution in [-0.4, -0.2) is 87.8 Å².